The Kier molecular flexibility index (Phi) is 4.42. The van der Waals surface area contributed by atoms with E-state index < -0.39 is 0 Å². The third-order valence-electron chi connectivity index (χ3n) is 6.47. The maximum Gasteiger partial charge on any atom is 0.261 e. The van der Waals surface area contributed by atoms with Gasteiger partial charge in [-0.3, -0.25) is 4.79 Å². The summed E-state index contributed by atoms with van der Waals surface area (Å²) in [6, 6.07) is 2.34. The Labute approximate surface area is 158 Å². The molecule has 0 bridgehead atoms. The lowest BCUT2D eigenvalue weighted by molar-refractivity contribution is 0.429. The quantitative estimate of drug-likeness (QED) is 0.632. The monoisotopic (exact) mass is 365 g/mol. The standard InChI is InChI=1S/C21H27N5O/c27-20-17-14-22-21-23-19(15-8-4-3-5-9-15)24-26(21)18(17)12-13-25(20)16-10-6-1-2-7-11-16/h12-16H,1-11H2. The smallest absolute Gasteiger partial charge is 0.261 e. The molecule has 2 aliphatic rings. The van der Waals surface area contributed by atoms with Crippen molar-refractivity contribution >= 4 is 16.7 Å². The van der Waals surface area contributed by atoms with E-state index in [4.69, 9.17) is 5.10 Å². The summed E-state index contributed by atoms with van der Waals surface area (Å²) in [7, 11) is 0. The first-order chi connectivity index (χ1) is 13.3. The van der Waals surface area contributed by atoms with Gasteiger partial charge in [-0.15, -0.1) is 5.10 Å². The maximum absolute atomic E-state index is 13.2. The van der Waals surface area contributed by atoms with Crippen molar-refractivity contribution in [2.45, 2.75) is 82.6 Å². The van der Waals surface area contributed by atoms with E-state index in [1.54, 1.807) is 10.7 Å². The first kappa shape index (κ1) is 16.9. The molecule has 3 aromatic heterocycles. The predicted octanol–water partition coefficient (Wildman–Crippen LogP) is 4.38. The number of pyridine rings is 1. The summed E-state index contributed by atoms with van der Waals surface area (Å²) in [4.78, 5) is 22.3. The van der Waals surface area contributed by atoms with Gasteiger partial charge in [0.1, 0.15) is 0 Å². The van der Waals surface area contributed by atoms with Crippen LogP contribution in [0.1, 0.15) is 88.4 Å². The van der Waals surface area contributed by atoms with E-state index in [0.29, 0.717) is 23.1 Å². The summed E-state index contributed by atoms with van der Waals surface area (Å²) >= 11 is 0. The molecule has 0 amide bonds. The van der Waals surface area contributed by atoms with Gasteiger partial charge >= 0.3 is 0 Å². The van der Waals surface area contributed by atoms with E-state index in [-0.39, 0.29) is 5.56 Å². The van der Waals surface area contributed by atoms with E-state index in [2.05, 4.69) is 9.97 Å². The molecule has 0 radical (unpaired) electrons. The Morgan fingerprint density at radius 3 is 2.41 bits per heavy atom. The van der Waals surface area contributed by atoms with Crippen molar-refractivity contribution in [1.29, 1.82) is 0 Å². The lowest BCUT2D eigenvalue weighted by Gasteiger charge is -2.18. The highest BCUT2D eigenvalue weighted by Crippen LogP contribution is 2.31. The van der Waals surface area contributed by atoms with Gasteiger partial charge in [-0.05, 0) is 31.7 Å². The number of hydrogen-bond donors (Lipinski definition) is 0. The molecule has 3 aromatic rings. The molecule has 2 fully saturated rings. The number of nitrogens with zero attached hydrogens (tertiary/aromatic N) is 5. The summed E-state index contributed by atoms with van der Waals surface area (Å²) in [6.45, 7) is 0. The molecule has 2 saturated carbocycles. The van der Waals surface area contributed by atoms with Gasteiger partial charge in [-0.25, -0.2) is 4.98 Å². The molecule has 6 nitrogen and oxygen atoms in total. The summed E-state index contributed by atoms with van der Waals surface area (Å²) in [6.07, 6.45) is 16.9. The van der Waals surface area contributed by atoms with Crippen LogP contribution in [-0.2, 0) is 0 Å². The molecule has 0 aliphatic heterocycles. The first-order valence-corrected chi connectivity index (χ1v) is 10.6. The zero-order valence-corrected chi connectivity index (χ0v) is 15.8. The summed E-state index contributed by atoms with van der Waals surface area (Å²) in [5.74, 6) is 1.93. The summed E-state index contributed by atoms with van der Waals surface area (Å²) in [5, 5.41) is 5.41. The van der Waals surface area contributed by atoms with Crippen molar-refractivity contribution in [1.82, 2.24) is 24.1 Å². The topological polar surface area (TPSA) is 65.1 Å². The van der Waals surface area contributed by atoms with Gasteiger partial charge in [-0.1, -0.05) is 44.9 Å². The Balaban J connectivity index is 1.58. The van der Waals surface area contributed by atoms with Crippen LogP contribution >= 0.6 is 0 Å². The van der Waals surface area contributed by atoms with Gasteiger partial charge in [0.05, 0.1) is 10.9 Å². The molecule has 0 N–H and O–H groups in total. The second-order valence-electron chi connectivity index (χ2n) is 8.25. The Morgan fingerprint density at radius 1 is 0.926 bits per heavy atom. The molecule has 0 spiro atoms. The summed E-state index contributed by atoms with van der Waals surface area (Å²) in [5.41, 5.74) is 0.882. The van der Waals surface area contributed by atoms with Crippen LogP contribution in [0.5, 0.6) is 0 Å². The van der Waals surface area contributed by atoms with Crippen LogP contribution in [-0.4, -0.2) is 24.1 Å². The van der Waals surface area contributed by atoms with Gasteiger partial charge in [0, 0.05) is 24.4 Å². The number of aromatic nitrogens is 5. The fourth-order valence-corrected chi connectivity index (χ4v) is 4.91. The van der Waals surface area contributed by atoms with Crippen molar-refractivity contribution in [2.75, 3.05) is 0 Å². The van der Waals surface area contributed by atoms with Crippen LogP contribution in [0.2, 0.25) is 0 Å². The minimum Gasteiger partial charge on any atom is -0.312 e. The fourth-order valence-electron chi connectivity index (χ4n) is 4.91. The molecule has 0 unspecified atom stereocenters. The lowest BCUT2D eigenvalue weighted by atomic mass is 9.89. The molecule has 2 aliphatic carbocycles. The first-order valence-electron chi connectivity index (χ1n) is 10.6. The van der Waals surface area contributed by atoms with E-state index in [1.165, 1.54) is 44.9 Å². The van der Waals surface area contributed by atoms with Crippen molar-refractivity contribution in [2.24, 2.45) is 0 Å². The van der Waals surface area contributed by atoms with E-state index in [0.717, 1.165) is 37.0 Å². The highest BCUT2D eigenvalue weighted by Gasteiger charge is 2.22. The van der Waals surface area contributed by atoms with Gasteiger partial charge in [0.25, 0.3) is 11.3 Å². The molecule has 0 aromatic carbocycles. The number of fused-ring (bicyclic) bond motifs is 3. The highest BCUT2D eigenvalue weighted by atomic mass is 16.1. The van der Waals surface area contributed by atoms with Crippen molar-refractivity contribution in [3.63, 3.8) is 0 Å². The molecule has 5 rings (SSSR count). The number of hydrogen-bond acceptors (Lipinski definition) is 4. The van der Waals surface area contributed by atoms with Crippen LogP contribution in [0.25, 0.3) is 16.7 Å². The van der Waals surface area contributed by atoms with Crippen LogP contribution in [0.15, 0.2) is 23.3 Å². The number of rotatable bonds is 2. The fraction of sp³-hybridized carbons (Fsp3) is 0.619. The van der Waals surface area contributed by atoms with Crippen LogP contribution in [0.3, 0.4) is 0 Å². The van der Waals surface area contributed by atoms with Crippen LogP contribution < -0.4 is 5.56 Å². The van der Waals surface area contributed by atoms with Crippen molar-refractivity contribution in [3.05, 3.63) is 34.6 Å². The average molecular weight is 365 g/mol. The molecule has 3 heterocycles. The van der Waals surface area contributed by atoms with Crippen molar-refractivity contribution < 1.29 is 0 Å². The predicted molar refractivity (Wildman–Crippen MR) is 105 cm³/mol. The average Bonchev–Trinajstić information content (AvgIpc) is 2.97. The minimum atomic E-state index is 0.0588. The summed E-state index contributed by atoms with van der Waals surface area (Å²) < 4.78 is 3.71. The van der Waals surface area contributed by atoms with Crippen LogP contribution in [0, 0.1) is 0 Å². The van der Waals surface area contributed by atoms with E-state index in [1.807, 2.05) is 16.8 Å². The molecule has 0 atom stereocenters. The van der Waals surface area contributed by atoms with E-state index in [9.17, 15) is 4.79 Å². The molecular weight excluding hydrogens is 338 g/mol. The highest BCUT2D eigenvalue weighted by molar-refractivity contribution is 5.78. The Morgan fingerprint density at radius 2 is 1.63 bits per heavy atom. The van der Waals surface area contributed by atoms with Gasteiger partial charge in [-0.2, -0.15) is 9.50 Å². The van der Waals surface area contributed by atoms with Crippen molar-refractivity contribution in [3.8, 4) is 0 Å². The molecule has 6 heteroatoms. The van der Waals surface area contributed by atoms with E-state index >= 15 is 0 Å². The third kappa shape index (κ3) is 3.05. The Hall–Kier alpha value is -2.24. The molecular formula is C21H27N5O. The third-order valence-corrected chi connectivity index (χ3v) is 6.47. The zero-order chi connectivity index (χ0) is 18.2. The van der Waals surface area contributed by atoms with Crippen LogP contribution in [0.4, 0.5) is 0 Å². The Bertz CT molecular complexity index is 1010. The molecule has 27 heavy (non-hydrogen) atoms. The second-order valence-corrected chi connectivity index (χ2v) is 8.25. The minimum absolute atomic E-state index is 0.0588. The van der Waals surface area contributed by atoms with Gasteiger partial charge in [0.15, 0.2) is 5.82 Å². The van der Waals surface area contributed by atoms with Gasteiger partial charge < -0.3 is 4.57 Å². The molecule has 0 saturated heterocycles. The normalized spacial score (nSPS) is 20.3. The largest absolute Gasteiger partial charge is 0.312 e. The maximum atomic E-state index is 13.2. The van der Waals surface area contributed by atoms with Gasteiger partial charge in [0.2, 0.25) is 0 Å². The molecule has 142 valence electrons. The second kappa shape index (κ2) is 7.06. The SMILES string of the molecule is O=c1c2cnc3nc(C4CCCCC4)nn3c2ccn1C1CCCCCC1. The lowest BCUT2D eigenvalue weighted by Crippen LogP contribution is -2.24. The zero-order valence-electron chi connectivity index (χ0n) is 15.8.